The van der Waals surface area contributed by atoms with E-state index in [2.05, 4.69) is 5.10 Å². The fourth-order valence-electron chi connectivity index (χ4n) is 2.33. The Hall–Kier alpha value is -2.11. The predicted molar refractivity (Wildman–Crippen MR) is 95.6 cm³/mol. The summed E-state index contributed by atoms with van der Waals surface area (Å²) in [5.74, 6) is -0.105. The van der Waals surface area contributed by atoms with E-state index in [1.54, 1.807) is 34.0 Å². The lowest BCUT2D eigenvalue weighted by atomic mass is 10.2. The van der Waals surface area contributed by atoms with E-state index in [-0.39, 0.29) is 12.5 Å². The maximum atomic E-state index is 12.5. The molecule has 5 nitrogen and oxygen atoms in total. The molecule has 24 heavy (non-hydrogen) atoms. The third kappa shape index (κ3) is 4.94. The summed E-state index contributed by atoms with van der Waals surface area (Å²) >= 11 is 6.01. The summed E-state index contributed by atoms with van der Waals surface area (Å²) in [6.07, 6.45) is 5.58. The second kappa shape index (κ2) is 8.66. The Morgan fingerprint density at radius 1 is 1.46 bits per heavy atom. The molecule has 0 aliphatic carbocycles. The molecule has 2 rings (SSSR count). The van der Waals surface area contributed by atoms with E-state index in [9.17, 15) is 4.79 Å². The highest BCUT2D eigenvalue weighted by molar-refractivity contribution is 6.30. The standard InChI is InChI=1S/C18H22ClN3O2/c1-14-16(12-20-21(14)2)7-8-18(24)22(9-4-10-23)13-15-5-3-6-17(19)11-15/h3,5-8,11-12,23H,4,9-10,13H2,1-2H3/b8-7+. The number of aliphatic hydroxyl groups is 1. The number of benzene rings is 1. The van der Waals surface area contributed by atoms with Gasteiger partial charge < -0.3 is 10.0 Å². The van der Waals surface area contributed by atoms with Gasteiger partial charge in [-0.05, 0) is 37.1 Å². The highest BCUT2D eigenvalue weighted by Crippen LogP contribution is 2.14. The van der Waals surface area contributed by atoms with Crippen LogP contribution in [0, 0.1) is 6.92 Å². The van der Waals surface area contributed by atoms with Crippen molar-refractivity contribution >= 4 is 23.6 Å². The van der Waals surface area contributed by atoms with E-state index in [1.165, 1.54) is 0 Å². The van der Waals surface area contributed by atoms with Crippen LogP contribution in [-0.4, -0.2) is 38.8 Å². The van der Waals surface area contributed by atoms with Gasteiger partial charge in [-0.1, -0.05) is 23.7 Å². The monoisotopic (exact) mass is 347 g/mol. The Bertz CT molecular complexity index is 725. The normalized spacial score (nSPS) is 11.2. The van der Waals surface area contributed by atoms with Crippen molar-refractivity contribution in [2.75, 3.05) is 13.2 Å². The number of rotatable bonds is 7. The van der Waals surface area contributed by atoms with Gasteiger partial charge in [0.1, 0.15) is 0 Å². The molecule has 0 spiro atoms. The number of carbonyl (C=O) groups excluding carboxylic acids is 1. The summed E-state index contributed by atoms with van der Waals surface area (Å²) in [5.41, 5.74) is 2.87. The number of aryl methyl sites for hydroxylation is 1. The molecule has 0 saturated carbocycles. The van der Waals surface area contributed by atoms with Crippen LogP contribution >= 0.6 is 11.6 Å². The molecule has 0 atom stereocenters. The van der Waals surface area contributed by atoms with E-state index in [1.807, 2.05) is 32.2 Å². The van der Waals surface area contributed by atoms with Crippen LogP contribution < -0.4 is 0 Å². The Labute approximate surface area is 147 Å². The van der Waals surface area contributed by atoms with Gasteiger partial charge in [0.25, 0.3) is 0 Å². The summed E-state index contributed by atoms with van der Waals surface area (Å²) in [4.78, 5) is 14.2. The molecule has 1 amide bonds. The van der Waals surface area contributed by atoms with Gasteiger partial charge in [-0.2, -0.15) is 5.10 Å². The molecule has 0 aliphatic heterocycles. The Balaban J connectivity index is 2.11. The number of hydrogen-bond acceptors (Lipinski definition) is 3. The average molecular weight is 348 g/mol. The van der Waals surface area contributed by atoms with Crippen LogP contribution in [0.15, 0.2) is 36.5 Å². The second-order valence-electron chi connectivity index (χ2n) is 5.61. The van der Waals surface area contributed by atoms with E-state index in [4.69, 9.17) is 16.7 Å². The lowest BCUT2D eigenvalue weighted by Gasteiger charge is -2.21. The minimum Gasteiger partial charge on any atom is -0.396 e. The number of nitrogens with zero attached hydrogens (tertiary/aromatic N) is 3. The lowest BCUT2D eigenvalue weighted by Crippen LogP contribution is -2.30. The van der Waals surface area contributed by atoms with Gasteiger partial charge in [-0.3, -0.25) is 9.48 Å². The van der Waals surface area contributed by atoms with Gasteiger partial charge in [0.2, 0.25) is 5.91 Å². The largest absolute Gasteiger partial charge is 0.396 e. The molecule has 1 heterocycles. The zero-order valence-electron chi connectivity index (χ0n) is 13.9. The number of halogens is 1. The Kier molecular flexibility index (Phi) is 6.58. The predicted octanol–water partition coefficient (Wildman–Crippen LogP) is 2.81. The van der Waals surface area contributed by atoms with Gasteiger partial charge in [-0.15, -0.1) is 0 Å². The first-order chi connectivity index (χ1) is 11.5. The van der Waals surface area contributed by atoms with Crippen LogP contribution in [0.2, 0.25) is 5.02 Å². The molecule has 128 valence electrons. The molecule has 0 saturated heterocycles. The topological polar surface area (TPSA) is 58.4 Å². The van der Waals surface area contributed by atoms with E-state index in [0.29, 0.717) is 24.5 Å². The number of aliphatic hydroxyl groups excluding tert-OH is 1. The maximum absolute atomic E-state index is 12.5. The number of hydrogen-bond donors (Lipinski definition) is 1. The zero-order valence-corrected chi connectivity index (χ0v) is 14.7. The van der Waals surface area contributed by atoms with Gasteiger partial charge in [0, 0.05) is 49.1 Å². The van der Waals surface area contributed by atoms with E-state index in [0.717, 1.165) is 16.8 Å². The van der Waals surface area contributed by atoms with Crippen LogP contribution in [0.5, 0.6) is 0 Å². The van der Waals surface area contributed by atoms with Gasteiger partial charge in [-0.25, -0.2) is 0 Å². The number of amides is 1. The van der Waals surface area contributed by atoms with Crippen molar-refractivity contribution in [1.29, 1.82) is 0 Å². The molecule has 0 unspecified atom stereocenters. The first-order valence-corrected chi connectivity index (χ1v) is 8.20. The minimum atomic E-state index is -0.105. The lowest BCUT2D eigenvalue weighted by molar-refractivity contribution is -0.126. The molecule has 0 fully saturated rings. The molecular formula is C18H22ClN3O2. The van der Waals surface area contributed by atoms with Crippen molar-refractivity contribution in [2.45, 2.75) is 19.9 Å². The summed E-state index contributed by atoms with van der Waals surface area (Å²) in [7, 11) is 1.86. The summed E-state index contributed by atoms with van der Waals surface area (Å²) in [6, 6.07) is 7.44. The average Bonchev–Trinajstić information content (AvgIpc) is 2.88. The highest BCUT2D eigenvalue weighted by Gasteiger charge is 2.12. The first kappa shape index (κ1) is 18.2. The minimum absolute atomic E-state index is 0.0464. The van der Waals surface area contributed by atoms with Crippen molar-refractivity contribution in [2.24, 2.45) is 7.05 Å². The van der Waals surface area contributed by atoms with Crippen molar-refractivity contribution in [1.82, 2.24) is 14.7 Å². The van der Waals surface area contributed by atoms with Crippen LogP contribution in [-0.2, 0) is 18.4 Å². The molecule has 0 bridgehead atoms. The smallest absolute Gasteiger partial charge is 0.246 e. The molecule has 1 aromatic heterocycles. The highest BCUT2D eigenvalue weighted by atomic mass is 35.5. The summed E-state index contributed by atoms with van der Waals surface area (Å²) in [6.45, 7) is 2.94. The molecule has 1 aromatic carbocycles. The van der Waals surface area contributed by atoms with Crippen molar-refractivity contribution in [3.05, 3.63) is 58.4 Å². The van der Waals surface area contributed by atoms with E-state index < -0.39 is 0 Å². The SMILES string of the molecule is Cc1c(/C=C/C(=O)N(CCCO)Cc2cccc(Cl)c2)cnn1C. The Morgan fingerprint density at radius 3 is 2.88 bits per heavy atom. The molecular weight excluding hydrogens is 326 g/mol. The van der Waals surface area contributed by atoms with Gasteiger partial charge in [0.05, 0.1) is 6.20 Å². The van der Waals surface area contributed by atoms with Crippen LogP contribution in [0.4, 0.5) is 0 Å². The quantitative estimate of drug-likeness (QED) is 0.783. The third-order valence-corrected chi connectivity index (χ3v) is 4.07. The van der Waals surface area contributed by atoms with Crippen molar-refractivity contribution in [3.63, 3.8) is 0 Å². The third-order valence-electron chi connectivity index (χ3n) is 3.84. The molecule has 0 radical (unpaired) electrons. The Morgan fingerprint density at radius 2 is 2.25 bits per heavy atom. The van der Waals surface area contributed by atoms with Crippen LogP contribution in [0.1, 0.15) is 23.2 Å². The molecule has 6 heteroatoms. The van der Waals surface area contributed by atoms with Gasteiger partial charge >= 0.3 is 0 Å². The molecule has 0 aliphatic rings. The van der Waals surface area contributed by atoms with Crippen molar-refractivity contribution in [3.8, 4) is 0 Å². The number of aromatic nitrogens is 2. The van der Waals surface area contributed by atoms with Crippen LogP contribution in [0.25, 0.3) is 6.08 Å². The maximum Gasteiger partial charge on any atom is 0.246 e. The summed E-state index contributed by atoms with van der Waals surface area (Å²) < 4.78 is 1.76. The summed E-state index contributed by atoms with van der Waals surface area (Å²) in [5, 5.41) is 13.9. The second-order valence-corrected chi connectivity index (χ2v) is 6.05. The van der Waals surface area contributed by atoms with Gasteiger partial charge in [0.15, 0.2) is 0 Å². The first-order valence-electron chi connectivity index (χ1n) is 7.82. The number of carbonyl (C=O) groups is 1. The van der Waals surface area contributed by atoms with Crippen LogP contribution in [0.3, 0.4) is 0 Å². The fourth-order valence-corrected chi connectivity index (χ4v) is 2.54. The fraction of sp³-hybridized carbons (Fsp3) is 0.333. The zero-order chi connectivity index (χ0) is 17.5. The molecule has 2 aromatic rings. The van der Waals surface area contributed by atoms with Crippen molar-refractivity contribution < 1.29 is 9.90 Å². The van der Waals surface area contributed by atoms with E-state index >= 15 is 0 Å². The molecule has 1 N–H and O–H groups in total.